The average Bonchev–Trinajstić information content (AvgIpc) is 3.20. The number of hydrogen-bond donors (Lipinski definition) is 1. The molecule has 1 N–H and O–H groups in total. The number of cyclic esters (lactones) is 1. The summed E-state index contributed by atoms with van der Waals surface area (Å²) in [6.07, 6.45) is 0.649. The van der Waals surface area contributed by atoms with Crippen LogP contribution in [0.4, 0.5) is 10.5 Å². The number of carbonyl (C=O) groups excluding carboxylic acids is 1. The molecule has 0 saturated carbocycles. The van der Waals surface area contributed by atoms with Crippen molar-refractivity contribution in [3.8, 4) is 17.2 Å². The number of methoxy groups -OCH3 is 3. The monoisotopic (exact) mass is 442 g/mol. The molecule has 0 aliphatic carbocycles. The lowest BCUT2D eigenvalue weighted by molar-refractivity contribution is -0.0325. The lowest BCUT2D eigenvalue weighted by atomic mass is 9.84. The second-order valence-electron chi connectivity index (χ2n) is 8.22. The molecule has 1 amide bonds. The van der Waals surface area contributed by atoms with Crippen LogP contribution in [0.3, 0.4) is 0 Å². The number of benzene rings is 2. The van der Waals surface area contributed by atoms with E-state index >= 15 is 0 Å². The molecule has 2 aliphatic heterocycles. The maximum Gasteiger partial charge on any atom is 0.414 e. The van der Waals surface area contributed by atoms with Crippen molar-refractivity contribution < 1.29 is 28.8 Å². The van der Waals surface area contributed by atoms with Gasteiger partial charge in [-0.05, 0) is 42.7 Å². The first-order valence-electron chi connectivity index (χ1n) is 10.7. The van der Waals surface area contributed by atoms with Gasteiger partial charge in [0.15, 0.2) is 11.5 Å². The summed E-state index contributed by atoms with van der Waals surface area (Å²) in [5.74, 6) is 1.95. The number of amides is 1. The van der Waals surface area contributed by atoms with E-state index in [2.05, 4.69) is 4.90 Å². The molecule has 0 radical (unpaired) electrons. The minimum absolute atomic E-state index is 0.234. The third-order valence-corrected chi connectivity index (χ3v) is 6.33. The van der Waals surface area contributed by atoms with Crippen LogP contribution in [-0.4, -0.2) is 69.7 Å². The normalized spacial score (nSPS) is 20.7. The Kier molecular flexibility index (Phi) is 6.43. The summed E-state index contributed by atoms with van der Waals surface area (Å²) >= 11 is 0. The summed E-state index contributed by atoms with van der Waals surface area (Å²) in [6, 6.07) is 13.0. The van der Waals surface area contributed by atoms with Gasteiger partial charge in [-0.2, -0.15) is 0 Å². The smallest absolute Gasteiger partial charge is 0.414 e. The average molecular weight is 443 g/mol. The van der Waals surface area contributed by atoms with Gasteiger partial charge in [-0.3, -0.25) is 9.80 Å². The van der Waals surface area contributed by atoms with Crippen LogP contribution in [0.2, 0.25) is 0 Å². The van der Waals surface area contributed by atoms with Gasteiger partial charge in [-0.15, -0.1) is 0 Å². The number of anilines is 1. The van der Waals surface area contributed by atoms with E-state index in [-0.39, 0.29) is 12.2 Å². The summed E-state index contributed by atoms with van der Waals surface area (Å²) < 4.78 is 21.4. The van der Waals surface area contributed by atoms with Crippen LogP contribution in [0.25, 0.3) is 0 Å². The van der Waals surface area contributed by atoms with Gasteiger partial charge in [0.1, 0.15) is 11.9 Å². The third kappa shape index (κ3) is 4.47. The number of likely N-dealkylation sites (tertiary alicyclic amines) is 1. The largest absolute Gasteiger partial charge is 0.497 e. The molecule has 2 aromatic carbocycles. The van der Waals surface area contributed by atoms with E-state index in [1.165, 1.54) is 0 Å². The highest BCUT2D eigenvalue weighted by molar-refractivity contribution is 5.90. The highest BCUT2D eigenvalue weighted by atomic mass is 16.6. The standard InChI is InChI=1S/C24H30N2O6/c1-29-19-7-4-17(5-8-19)24(28)10-12-25(13-11-24)15-20-16-26(23(27)32-20)18-6-9-21(30-2)22(14-18)31-3/h4-9,14,20,28H,10-13,15-16H2,1-3H3. The summed E-state index contributed by atoms with van der Waals surface area (Å²) in [5.41, 5.74) is 0.772. The summed E-state index contributed by atoms with van der Waals surface area (Å²) in [7, 11) is 4.77. The number of rotatable bonds is 7. The molecule has 1 unspecified atom stereocenters. The lowest BCUT2D eigenvalue weighted by Crippen LogP contribution is -2.45. The van der Waals surface area contributed by atoms with Gasteiger partial charge in [0.05, 0.1) is 39.2 Å². The van der Waals surface area contributed by atoms with Crippen LogP contribution in [-0.2, 0) is 10.3 Å². The van der Waals surface area contributed by atoms with Crippen molar-refractivity contribution in [1.29, 1.82) is 0 Å². The van der Waals surface area contributed by atoms with Gasteiger partial charge < -0.3 is 24.1 Å². The van der Waals surface area contributed by atoms with Crippen molar-refractivity contribution in [3.05, 3.63) is 48.0 Å². The fourth-order valence-electron chi connectivity index (χ4n) is 4.40. The van der Waals surface area contributed by atoms with Crippen LogP contribution >= 0.6 is 0 Å². The van der Waals surface area contributed by atoms with Gasteiger partial charge in [0.25, 0.3) is 0 Å². The van der Waals surface area contributed by atoms with E-state index in [4.69, 9.17) is 18.9 Å². The number of aliphatic hydroxyl groups is 1. The molecular weight excluding hydrogens is 412 g/mol. The molecule has 2 heterocycles. The molecule has 2 fully saturated rings. The minimum Gasteiger partial charge on any atom is -0.497 e. The molecule has 2 aliphatic rings. The third-order valence-electron chi connectivity index (χ3n) is 6.33. The second kappa shape index (κ2) is 9.26. The van der Waals surface area contributed by atoms with Gasteiger partial charge in [0, 0.05) is 25.7 Å². The van der Waals surface area contributed by atoms with Gasteiger partial charge in [-0.1, -0.05) is 12.1 Å². The Balaban J connectivity index is 1.34. The van der Waals surface area contributed by atoms with Crippen molar-refractivity contribution in [2.45, 2.75) is 24.5 Å². The maximum atomic E-state index is 12.5. The van der Waals surface area contributed by atoms with E-state index in [1.54, 1.807) is 38.4 Å². The van der Waals surface area contributed by atoms with Gasteiger partial charge in [0.2, 0.25) is 0 Å². The number of piperidine rings is 1. The predicted molar refractivity (Wildman–Crippen MR) is 120 cm³/mol. The zero-order chi connectivity index (χ0) is 22.7. The fourth-order valence-corrected chi connectivity index (χ4v) is 4.40. The summed E-state index contributed by atoms with van der Waals surface area (Å²) in [5, 5.41) is 11.1. The van der Waals surface area contributed by atoms with Crippen LogP contribution in [0.15, 0.2) is 42.5 Å². The molecule has 172 valence electrons. The molecular formula is C24H30N2O6. The van der Waals surface area contributed by atoms with E-state index in [9.17, 15) is 9.90 Å². The second-order valence-corrected chi connectivity index (χ2v) is 8.22. The summed E-state index contributed by atoms with van der Waals surface area (Å²) in [4.78, 5) is 16.3. The molecule has 8 heteroatoms. The van der Waals surface area contributed by atoms with E-state index < -0.39 is 5.60 Å². The molecule has 0 aromatic heterocycles. The molecule has 32 heavy (non-hydrogen) atoms. The van der Waals surface area contributed by atoms with E-state index in [1.807, 2.05) is 30.3 Å². The zero-order valence-electron chi connectivity index (χ0n) is 18.7. The van der Waals surface area contributed by atoms with Crippen molar-refractivity contribution in [2.75, 3.05) is 52.4 Å². The topological polar surface area (TPSA) is 80.7 Å². The van der Waals surface area contributed by atoms with Crippen LogP contribution < -0.4 is 19.1 Å². The molecule has 1 atom stereocenters. The molecule has 0 bridgehead atoms. The molecule has 2 saturated heterocycles. The Bertz CT molecular complexity index is 940. The quantitative estimate of drug-likeness (QED) is 0.706. The number of nitrogens with zero attached hydrogens (tertiary/aromatic N) is 2. The number of ether oxygens (including phenoxy) is 4. The van der Waals surface area contributed by atoms with Crippen LogP contribution in [0.5, 0.6) is 17.2 Å². The first-order chi connectivity index (χ1) is 15.5. The number of carbonyl (C=O) groups is 1. The first-order valence-corrected chi connectivity index (χ1v) is 10.7. The predicted octanol–water partition coefficient (Wildman–Crippen LogP) is 3.02. The van der Waals surface area contributed by atoms with Crippen molar-refractivity contribution in [3.63, 3.8) is 0 Å². The Morgan fingerprint density at radius 1 is 1.00 bits per heavy atom. The van der Waals surface area contributed by atoms with Crippen molar-refractivity contribution in [2.24, 2.45) is 0 Å². The van der Waals surface area contributed by atoms with E-state index in [0.29, 0.717) is 43.1 Å². The molecule has 8 nitrogen and oxygen atoms in total. The van der Waals surface area contributed by atoms with E-state index in [0.717, 1.165) is 24.4 Å². The Morgan fingerprint density at radius 3 is 2.31 bits per heavy atom. The van der Waals surface area contributed by atoms with Crippen LogP contribution in [0, 0.1) is 0 Å². The highest BCUT2D eigenvalue weighted by Crippen LogP contribution is 2.35. The molecule has 4 rings (SSSR count). The summed E-state index contributed by atoms with van der Waals surface area (Å²) in [6.45, 7) is 2.56. The van der Waals surface area contributed by atoms with Crippen LogP contribution in [0.1, 0.15) is 18.4 Å². The highest BCUT2D eigenvalue weighted by Gasteiger charge is 2.38. The SMILES string of the molecule is COc1ccc(C2(O)CCN(CC3CN(c4ccc(OC)c(OC)c4)C(=O)O3)CC2)cc1. The molecule has 2 aromatic rings. The Labute approximate surface area is 188 Å². The molecule has 0 spiro atoms. The lowest BCUT2D eigenvalue weighted by Gasteiger charge is -2.39. The maximum absolute atomic E-state index is 12.5. The Hall–Kier alpha value is -2.97. The fraction of sp³-hybridized carbons (Fsp3) is 0.458. The first kappa shape index (κ1) is 22.2. The van der Waals surface area contributed by atoms with Gasteiger partial charge >= 0.3 is 6.09 Å². The Morgan fingerprint density at radius 2 is 1.69 bits per heavy atom. The zero-order valence-corrected chi connectivity index (χ0v) is 18.7. The van der Waals surface area contributed by atoms with Crippen molar-refractivity contribution in [1.82, 2.24) is 4.90 Å². The minimum atomic E-state index is -0.846. The number of hydrogen-bond acceptors (Lipinski definition) is 7. The van der Waals surface area contributed by atoms with Crippen molar-refractivity contribution >= 4 is 11.8 Å². The van der Waals surface area contributed by atoms with Gasteiger partial charge in [-0.25, -0.2) is 4.79 Å².